The number of thiazole rings is 1. The van der Waals surface area contributed by atoms with Crippen LogP contribution < -0.4 is 10.8 Å². The van der Waals surface area contributed by atoms with Crippen LogP contribution in [0.4, 0.5) is 10.8 Å². The Morgan fingerprint density at radius 1 is 1.50 bits per heavy atom. The van der Waals surface area contributed by atoms with Gasteiger partial charge < -0.3 is 20.4 Å². The third-order valence-corrected chi connectivity index (χ3v) is 4.39. The van der Waals surface area contributed by atoms with Gasteiger partial charge in [-0.15, -0.1) is 6.07 Å². The van der Waals surface area contributed by atoms with Crippen molar-refractivity contribution in [1.29, 1.82) is 0 Å². The zero-order valence-electron chi connectivity index (χ0n) is 13.7. The first-order valence-electron chi connectivity index (χ1n) is 7.21. The molecule has 131 valence electrons. The maximum absolute atomic E-state index is 12.4. The average Bonchev–Trinajstić information content (AvgIpc) is 3.05. The van der Waals surface area contributed by atoms with E-state index in [1.807, 2.05) is 0 Å². The van der Waals surface area contributed by atoms with Crippen LogP contribution in [0.1, 0.15) is 21.1 Å². The number of anilines is 1. The number of hydrogen-bond donors (Lipinski definition) is 3. The normalized spacial score (nSPS) is 11.1. The van der Waals surface area contributed by atoms with Crippen LogP contribution in [0.3, 0.4) is 0 Å². The number of halogens is 1. The molecule has 0 aliphatic heterocycles. The largest absolute Gasteiger partial charge is 0.434 e. The summed E-state index contributed by atoms with van der Waals surface area (Å²) in [6, 6.07) is 6.62. The van der Waals surface area contributed by atoms with Crippen molar-refractivity contribution in [2.24, 2.45) is 4.99 Å². The maximum Gasteiger partial charge on any atom is 0.267 e. The van der Waals surface area contributed by atoms with Gasteiger partial charge in [0.25, 0.3) is 5.91 Å². The van der Waals surface area contributed by atoms with Gasteiger partial charge in [-0.25, -0.2) is 4.98 Å². The molecular weight excluding hydrogens is 451 g/mol. The van der Waals surface area contributed by atoms with Gasteiger partial charge in [0.1, 0.15) is 4.88 Å². The van der Waals surface area contributed by atoms with Crippen molar-refractivity contribution < 1.29 is 42.6 Å². The van der Waals surface area contributed by atoms with Crippen LogP contribution in [-0.4, -0.2) is 26.0 Å². The van der Waals surface area contributed by atoms with Crippen LogP contribution in [0.25, 0.3) is 0 Å². The Morgan fingerprint density at radius 2 is 2.31 bits per heavy atom. The van der Waals surface area contributed by atoms with Crippen LogP contribution in [0.5, 0.6) is 0 Å². The van der Waals surface area contributed by atoms with Crippen molar-refractivity contribution in [3.8, 4) is 0 Å². The Bertz CT molecular complexity index is 989. The minimum absolute atomic E-state index is 0. The molecule has 2 aromatic heterocycles. The monoisotopic (exact) mass is 463 g/mol. The summed E-state index contributed by atoms with van der Waals surface area (Å²) in [5.74, 6) is 0.300. The van der Waals surface area contributed by atoms with Crippen LogP contribution in [0.15, 0.2) is 35.5 Å². The molecule has 26 heavy (non-hydrogen) atoms. The van der Waals surface area contributed by atoms with Crippen LogP contribution in [-0.2, 0) is 39.3 Å². The molecule has 7 nitrogen and oxygen atoms in total. The number of rotatable bonds is 4. The SMILES string of the molecule is Cc1n[c-]cc(=Nc2ncc(C(=O)Nc3c(Cl)cccc3CO)s2)[nH]1.[Y]. The molecule has 3 aromatic rings. The molecule has 1 amide bonds. The summed E-state index contributed by atoms with van der Waals surface area (Å²) in [6.07, 6.45) is 4.15. The Labute approximate surface area is 183 Å². The molecule has 0 spiro atoms. The van der Waals surface area contributed by atoms with Gasteiger partial charge in [0.15, 0.2) is 5.13 Å². The van der Waals surface area contributed by atoms with Crippen molar-refractivity contribution in [3.63, 3.8) is 0 Å². The molecule has 3 N–H and O–H groups in total. The van der Waals surface area contributed by atoms with E-state index >= 15 is 0 Å². The summed E-state index contributed by atoms with van der Waals surface area (Å²) < 4.78 is 0. The van der Waals surface area contributed by atoms with Gasteiger partial charge in [-0.05, 0) is 11.9 Å². The number of aromatic nitrogens is 3. The minimum Gasteiger partial charge on any atom is -0.434 e. The number of amides is 1. The van der Waals surface area contributed by atoms with E-state index in [1.165, 1.54) is 6.20 Å². The van der Waals surface area contributed by atoms with Crippen molar-refractivity contribution >= 4 is 39.7 Å². The molecule has 2 heterocycles. The second kappa shape index (κ2) is 9.48. The smallest absolute Gasteiger partial charge is 0.267 e. The van der Waals surface area contributed by atoms with Crippen molar-refractivity contribution in [3.05, 3.63) is 63.4 Å². The first-order valence-corrected chi connectivity index (χ1v) is 8.40. The number of nitrogens with zero attached hydrogens (tertiary/aromatic N) is 3. The minimum atomic E-state index is -0.372. The molecule has 0 atom stereocenters. The van der Waals surface area contributed by atoms with Gasteiger partial charge >= 0.3 is 0 Å². The first kappa shape index (κ1) is 20.9. The number of aliphatic hydroxyl groups excluding tert-OH is 1. The van der Waals surface area contributed by atoms with E-state index in [9.17, 15) is 9.90 Å². The number of H-pyrrole nitrogens is 1. The fourth-order valence-corrected chi connectivity index (χ4v) is 2.98. The average molecular weight is 464 g/mol. The molecule has 0 fully saturated rings. The molecular formula is C16H13ClN5O2SY-. The second-order valence-electron chi connectivity index (χ2n) is 4.99. The zero-order valence-corrected chi connectivity index (χ0v) is 18.1. The predicted molar refractivity (Wildman–Crippen MR) is 94.8 cm³/mol. The summed E-state index contributed by atoms with van der Waals surface area (Å²) in [5, 5.41) is 12.8. The number of hydrogen-bond acceptors (Lipinski definition) is 6. The third kappa shape index (κ3) is 5.05. The van der Waals surface area contributed by atoms with E-state index in [4.69, 9.17) is 11.6 Å². The van der Waals surface area contributed by atoms with E-state index in [-0.39, 0.29) is 45.2 Å². The number of carbonyl (C=O) groups excluding carboxylic acids is 1. The summed E-state index contributed by atoms with van der Waals surface area (Å²) in [7, 11) is 0. The van der Waals surface area contributed by atoms with Crippen molar-refractivity contribution in [2.75, 3.05) is 5.32 Å². The Hall–Kier alpha value is -1.45. The number of aryl methyl sites for hydroxylation is 1. The fraction of sp³-hybridized carbons (Fsp3) is 0.125. The van der Waals surface area contributed by atoms with Gasteiger partial charge in [0, 0.05) is 43.8 Å². The van der Waals surface area contributed by atoms with E-state index in [0.717, 1.165) is 11.3 Å². The van der Waals surface area contributed by atoms with E-state index < -0.39 is 0 Å². The summed E-state index contributed by atoms with van der Waals surface area (Å²) in [4.78, 5) is 28.1. The quantitative estimate of drug-likeness (QED) is 0.517. The molecule has 0 aliphatic rings. The standard InChI is InChI=1S/C16H13ClN5O2S.Y/c1-9-18-6-5-13(20-9)21-16-19-7-12(25-16)15(24)22-14-10(8-23)3-2-4-11(14)17;/h2-5,7,23H,8H2,1H3,(H,22,24)(H,18,19,20,21);/q-1;. The second-order valence-corrected chi connectivity index (χ2v) is 6.40. The summed E-state index contributed by atoms with van der Waals surface area (Å²) in [5.41, 5.74) is 1.46. The van der Waals surface area contributed by atoms with Gasteiger partial charge in [0.2, 0.25) is 0 Å². The van der Waals surface area contributed by atoms with Crippen LogP contribution >= 0.6 is 22.9 Å². The molecule has 1 aromatic carbocycles. The van der Waals surface area contributed by atoms with Gasteiger partial charge in [-0.1, -0.05) is 48.2 Å². The zero-order chi connectivity index (χ0) is 17.8. The fourth-order valence-electron chi connectivity index (χ4n) is 2.04. The summed E-state index contributed by atoms with van der Waals surface area (Å²) in [6.45, 7) is 1.56. The van der Waals surface area contributed by atoms with Gasteiger partial charge in [-0.2, -0.15) is 0 Å². The van der Waals surface area contributed by atoms with E-state index in [2.05, 4.69) is 31.5 Å². The molecule has 0 aliphatic carbocycles. The number of aliphatic hydroxyl groups is 1. The number of nitrogens with one attached hydrogen (secondary N) is 2. The summed E-state index contributed by atoms with van der Waals surface area (Å²) >= 11 is 7.23. The Kier molecular flexibility index (Phi) is 7.60. The molecule has 10 heteroatoms. The topological polar surface area (TPSA) is 103 Å². The molecule has 0 unspecified atom stereocenters. The molecule has 3 rings (SSSR count). The predicted octanol–water partition coefficient (Wildman–Crippen LogP) is 2.60. The number of para-hydroxylation sites is 1. The number of aromatic amines is 1. The molecule has 0 saturated heterocycles. The molecule has 0 bridgehead atoms. The molecule has 0 saturated carbocycles. The molecule has 1 radical (unpaired) electrons. The van der Waals surface area contributed by atoms with Crippen molar-refractivity contribution in [1.82, 2.24) is 15.0 Å². The first-order chi connectivity index (χ1) is 12.1. The van der Waals surface area contributed by atoms with E-state index in [0.29, 0.717) is 37.6 Å². The number of carbonyl (C=O) groups is 1. The van der Waals surface area contributed by atoms with Gasteiger partial charge in [-0.3, -0.25) is 9.79 Å². The number of benzene rings is 1. The Morgan fingerprint density at radius 3 is 3.04 bits per heavy atom. The van der Waals surface area contributed by atoms with Crippen molar-refractivity contribution in [2.45, 2.75) is 13.5 Å². The third-order valence-electron chi connectivity index (χ3n) is 3.18. The van der Waals surface area contributed by atoms with E-state index in [1.54, 1.807) is 31.2 Å². The van der Waals surface area contributed by atoms with Crippen LogP contribution in [0.2, 0.25) is 5.02 Å². The Balaban J connectivity index is 0.00000243. The maximum atomic E-state index is 12.4. The van der Waals surface area contributed by atoms with Crippen LogP contribution in [0, 0.1) is 13.1 Å². The van der Waals surface area contributed by atoms with Gasteiger partial charge in [0.05, 0.1) is 23.5 Å².